The van der Waals surface area contributed by atoms with Crippen LogP contribution in [0.3, 0.4) is 0 Å². The second kappa shape index (κ2) is 13.6. The second-order valence-electron chi connectivity index (χ2n) is 12.0. The van der Waals surface area contributed by atoms with E-state index in [-0.39, 0.29) is 50.4 Å². The Kier molecular flexibility index (Phi) is 10.1. The third-order valence-corrected chi connectivity index (χ3v) is 8.05. The molecule has 0 spiro atoms. The number of hydrogen-bond acceptors (Lipinski definition) is 5. The van der Waals surface area contributed by atoms with E-state index in [4.69, 9.17) is 16.4 Å². The molecule has 2 aromatic carbocycles. The zero-order valence-corrected chi connectivity index (χ0v) is 25.9. The van der Waals surface area contributed by atoms with Crippen LogP contribution in [0.2, 0.25) is 5.02 Å². The Labute approximate surface area is 257 Å². The topological polar surface area (TPSA) is 124 Å². The number of likely N-dealkylation sites (tertiary alicyclic amines) is 1. The van der Waals surface area contributed by atoms with E-state index in [0.29, 0.717) is 30.0 Å². The van der Waals surface area contributed by atoms with Gasteiger partial charge < -0.3 is 20.5 Å². The van der Waals surface area contributed by atoms with Crippen molar-refractivity contribution in [1.29, 1.82) is 0 Å². The van der Waals surface area contributed by atoms with Crippen LogP contribution < -0.4 is 10.6 Å². The Morgan fingerprint density at radius 1 is 1.09 bits per heavy atom. The van der Waals surface area contributed by atoms with Gasteiger partial charge in [0.05, 0.1) is 11.0 Å². The minimum absolute atomic E-state index is 0.0887. The fourth-order valence-electron chi connectivity index (χ4n) is 5.22. The summed E-state index contributed by atoms with van der Waals surface area (Å²) in [7, 11) is 0. The molecule has 1 fully saturated rings. The van der Waals surface area contributed by atoms with Crippen LogP contribution in [0.15, 0.2) is 48.5 Å². The van der Waals surface area contributed by atoms with E-state index in [0.717, 1.165) is 28.0 Å². The number of aromatic nitrogens is 1. The normalized spacial score (nSPS) is 14.8. The van der Waals surface area contributed by atoms with Gasteiger partial charge in [0.25, 0.3) is 5.91 Å². The van der Waals surface area contributed by atoms with Gasteiger partial charge in [0.15, 0.2) is 0 Å². The molecule has 230 valence electrons. The average molecular weight is 610 g/mol. The maximum atomic E-state index is 13.7. The number of rotatable bonds is 11. The molecular formula is C32H40ClN5O5. The first-order chi connectivity index (χ1) is 20.4. The van der Waals surface area contributed by atoms with Crippen molar-refractivity contribution in [3.05, 3.63) is 70.4 Å². The highest BCUT2D eigenvalue weighted by Crippen LogP contribution is 2.32. The summed E-state index contributed by atoms with van der Waals surface area (Å²) < 4.78 is 0. The summed E-state index contributed by atoms with van der Waals surface area (Å²) in [5.74, 6) is -0.823. The minimum atomic E-state index is -0.957. The van der Waals surface area contributed by atoms with Crippen LogP contribution in [0, 0.1) is 5.41 Å². The Balaban J connectivity index is 1.46. The summed E-state index contributed by atoms with van der Waals surface area (Å²) in [6.07, 6.45) is 2.02. The summed E-state index contributed by atoms with van der Waals surface area (Å²) in [5, 5.41) is 8.45. The molecule has 0 radical (unpaired) electrons. The van der Waals surface area contributed by atoms with E-state index in [1.807, 2.05) is 36.4 Å². The lowest BCUT2D eigenvalue weighted by Crippen LogP contribution is -2.55. The maximum Gasteiger partial charge on any atom is 0.267 e. The van der Waals surface area contributed by atoms with Gasteiger partial charge in [-0.15, -0.1) is 0 Å². The second-order valence-corrected chi connectivity index (χ2v) is 12.4. The van der Waals surface area contributed by atoms with E-state index in [2.05, 4.69) is 28.6 Å². The molecule has 1 aliphatic rings. The monoisotopic (exact) mass is 609 g/mol. The number of piperidine rings is 1. The molecule has 3 aromatic rings. The van der Waals surface area contributed by atoms with Gasteiger partial charge in [-0.2, -0.15) is 0 Å². The van der Waals surface area contributed by atoms with E-state index < -0.39 is 11.0 Å². The van der Waals surface area contributed by atoms with Gasteiger partial charge in [0.2, 0.25) is 18.2 Å². The minimum Gasteiger partial charge on any atom is -0.351 e. The number of nitrogens with zero attached hydrogens (tertiary/aromatic N) is 2. The lowest BCUT2D eigenvalue weighted by atomic mass is 9.77. The number of halogens is 1. The maximum absolute atomic E-state index is 13.7. The number of nitrogens with one attached hydrogen (secondary N) is 3. The van der Waals surface area contributed by atoms with Crippen LogP contribution in [0.1, 0.15) is 62.2 Å². The van der Waals surface area contributed by atoms with Crippen molar-refractivity contribution < 1.29 is 24.0 Å². The van der Waals surface area contributed by atoms with Crippen molar-refractivity contribution in [3.63, 3.8) is 0 Å². The van der Waals surface area contributed by atoms with Crippen molar-refractivity contribution in [2.24, 2.45) is 5.41 Å². The number of fused-ring (bicyclic) bond motifs is 1. The SMILES string of the molecule is CCc1ccc2[nH]c(C(=O)NCC3(C(=O)NCc4ccccc4Cl)CCN(C(=O)CN(C=O)OC(C)(C)C)CC3)cc2c1. The van der Waals surface area contributed by atoms with Gasteiger partial charge in [-0.3, -0.25) is 24.0 Å². The van der Waals surface area contributed by atoms with Crippen LogP contribution >= 0.6 is 11.6 Å². The first kappa shape index (κ1) is 32.0. The van der Waals surface area contributed by atoms with Crippen LogP contribution in [0.25, 0.3) is 10.9 Å². The fourth-order valence-corrected chi connectivity index (χ4v) is 5.42. The van der Waals surface area contributed by atoms with Crippen LogP contribution in [0.5, 0.6) is 0 Å². The predicted octanol–water partition coefficient (Wildman–Crippen LogP) is 4.23. The van der Waals surface area contributed by atoms with Crippen molar-refractivity contribution in [3.8, 4) is 0 Å². The lowest BCUT2D eigenvalue weighted by Gasteiger charge is -2.41. The van der Waals surface area contributed by atoms with Gasteiger partial charge in [-0.25, -0.2) is 5.06 Å². The zero-order valence-electron chi connectivity index (χ0n) is 25.2. The van der Waals surface area contributed by atoms with Gasteiger partial charge in [0, 0.05) is 42.1 Å². The average Bonchev–Trinajstić information content (AvgIpc) is 3.42. The Morgan fingerprint density at radius 2 is 1.81 bits per heavy atom. The quantitative estimate of drug-likeness (QED) is 0.222. The van der Waals surface area contributed by atoms with E-state index in [1.54, 1.807) is 31.7 Å². The van der Waals surface area contributed by atoms with Gasteiger partial charge in [0.1, 0.15) is 12.2 Å². The number of hydrogen-bond donors (Lipinski definition) is 3. The number of amides is 4. The van der Waals surface area contributed by atoms with Gasteiger partial charge in [-0.05, 0) is 75.4 Å². The largest absolute Gasteiger partial charge is 0.351 e. The Bertz CT molecular complexity index is 1470. The number of aromatic amines is 1. The van der Waals surface area contributed by atoms with Crippen molar-refractivity contribution >= 4 is 46.6 Å². The number of benzene rings is 2. The number of carbonyl (C=O) groups excluding carboxylic acids is 4. The molecule has 0 unspecified atom stereocenters. The van der Waals surface area contributed by atoms with E-state index >= 15 is 0 Å². The third kappa shape index (κ3) is 8.14. The molecule has 2 heterocycles. The zero-order chi connectivity index (χ0) is 31.2. The lowest BCUT2D eigenvalue weighted by molar-refractivity contribution is -0.217. The predicted molar refractivity (Wildman–Crippen MR) is 165 cm³/mol. The molecule has 3 N–H and O–H groups in total. The molecular weight excluding hydrogens is 570 g/mol. The van der Waals surface area contributed by atoms with Crippen LogP contribution in [0.4, 0.5) is 0 Å². The highest BCUT2D eigenvalue weighted by atomic mass is 35.5. The first-order valence-electron chi connectivity index (χ1n) is 14.5. The standard InChI is InChI=1S/C32H40ClN5O5/c1-5-22-10-11-26-24(16-22)17-27(36-26)29(41)35-20-32(30(42)34-18-23-8-6-7-9-25(23)33)12-14-37(15-13-32)28(40)19-38(21-39)43-31(2,3)4/h6-11,16-17,21,36H,5,12-15,18-20H2,1-4H3,(H,34,42)(H,35,41). The Hall–Kier alpha value is -3.89. The molecule has 0 bridgehead atoms. The van der Waals surface area contributed by atoms with Gasteiger partial charge in [-0.1, -0.05) is 42.8 Å². The smallest absolute Gasteiger partial charge is 0.267 e. The molecule has 1 aromatic heterocycles. The highest BCUT2D eigenvalue weighted by Gasteiger charge is 2.43. The number of H-pyrrole nitrogens is 1. The summed E-state index contributed by atoms with van der Waals surface area (Å²) in [6, 6.07) is 15.1. The number of carbonyl (C=O) groups is 4. The number of hydroxylamine groups is 2. The molecule has 0 saturated carbocycles. The van der Waals surface area contributed by atoms with E-state index in [9.17, 15) is 19.2 Å². The van der Waals surface area contributed by atoms with Crippen LogP contribution in [-0.2, 0) is 32.2 Å². The summed E-state index contributed by atoms with van der Waals surface area (Å²) in [4.78, 5) is 61.8. The highest BCUT2D eigenvalue weighted by molar-refractivity contribution is 6.31. The fraction of sp³-hybridized carbons (Fsp3) is 0.438. The molecule has 0 atom stereocenters. The molecule has 11 heteroatoms. The molecule has 4 amide bonds. The molecule has 1 saturated heterocycles. The van der Waals surface area contributed by atoms with E-state index in [1.165, 1.54) is 5.56 Å². The Morgan fingerprint density at radius 3 is 2.47 bits per heavy atom. The van der Waals surface area contributed by atoms with Crippen molar-refractivity contribution in [2.75, 3.05) is 26.2 Å². The summed E-state index contributed by atoms with van der Waals surface area (Å²) >= 11 is 6.30. The summed E-state index contributed by atoms with van der Waals surface area (Å²) in [6.45, 7) is 8.09. The molecule has 4 rings (SSSR count). The number of aryl methyl sites for hydroxylation is 1. The molecule has 10 nitrogen and oxygen atoms in total. The van der Waals surface area contributed by atoms with Crippen molar-refractivity contribution in [2.45, 2.75) is 59.1 Å². The van der Waals surface area contributed by atoms with Gasteiger partial charge >= 0.3 is 0 Å². The molecule has 43 heavy (non-hydrogen) atoms. The van der Waals surface area contributed by atoms with Crippen molar-refractivity contribution in [1.82, 2.24) is 25.6 Å². The first-order valence-corrected chi connectivity index (χ1v) is 14.9. The third-order valence-electron chi connectivity index (χ3n) is 7.68. The summed E-state index contributed by atoms with van der Waals surface area (Å²) in [5.41, 5.74) is 1.63. The molecule has 1 aliphatic heterocycles. The van der Waals surface area contributed by atoms with Crippen LogP contribution in [-0.4, -0.2) is 70.9 Å². The molecule has 0 aliphatic carbocycles.